The van der Waals surface area contributed by atoms with Crippen LogP contribution in [0.25, 0.3) is 17.1 Å². The van der Waals surface area contributed by atoms with Crippen molar-refractivity contribution in [2.45, 2.75) is 45.6 Å². The summed E-state index contributed by atoms with van der Waals surface area (Å²) in [6.45, 7) is 14.9. The van der Waals surface area contributed by atoms with E-state index in [1.54, 1.807) is 31.8 Å². The van der Waals surface area contributed by atoms with E-state index in [4.69, 9.17) is 14.7 Å². The van der Waals surface area contributed by atoms with Crippen LogP contribution in [0.4, 0.5) is 29.0 Å². The molecule has 2 aliphatic rings. The first-order valence-corrected chi connectivity index (χ1v) is 16.0. The van der Waals surface area contributed by atoms with Gasteiger partial charge in [-0.2, -0.15) is 9.97 Å². The number of anilines is 5. The maximum Gasteiger partial charge on any atom is 0.239 e. The van der Waals surface area contributed by atoms with E-state index < -0.39 is 0 Å². The molecule has 0 radical (unpaired) electrons. The van der Waals surface area contributed by atoms with Gasteiger partial charge in [0.2, 0.25) is 11.8 Å². The molecule has 4 aromatic rings. The number of ether oxygens (including phenoxy) is 1. The van der Waals surface area contributed by atoms with Gasteiger partial charge in [-0.25, -0.2) is 4.98 Å². The normalized spacial score (nSPS) is 16.6. The number of methoxy groups -OCH3 is 1. The first-order valence-electron chi connectivity index (χ1n) is 16.0. The molecular weight excluding hydrogens is 564 g/mol. The Morgan fingerprint density at radius 1 is 0.933 bits per heavy atom. The standard InChI is InChI=1S/C34H44N10O/c1-6-23-21-29(33(45-5)41-32(23)44-15-11-25(12-16-44)43-19-17-42(4)18-20-43)39-34-37-22-24(7-2)31(40-34)38-27-9-10-28-30(26(27)8-3)36-14-13-35-28/h7,9-10,13-14,21-22,25H,2,6,8,11-12,15-20H2,1,3-5H3,(H2,37,38,39,40). The van der Waals surface area contributed by atoms with E-state index in [1.165, 1.54) is 5.56 Å². The summed E-state index contributed by atoms with van der Waals surface area (Å²) in [7, 11) is 3.87. The molecule has 0 bridgehead atoms. The lowest BCUT2D eigenvalue weighted by molar-refractivity contribution is 0.0981. The second-order valence-electron chi connectivity index (χ2n) is 11.8. The Hall–Kier alpha value is -4.35. The quantitative estimate of drug-likeness (QED) is 0.245. The van der Waals surface area contributed by atoms with Crippen LogP contribution in [0.3, 0.4) is 0 Å². The molecule has 0 unspecified atom stereocenters. The van der Waals surface area contributed by atoms with Gasteiger partial charge in [0, 0.05) is 80.7 Å². The number of piperazine rings is 1. The van der Waals surface area contributed by atoms with E-state index in [-0.39, 0.29) is 0 Å². The van der Waals surface area contributed by atoms with Gasteiger partial charge in [0.05, 0.1) is 18.1 Å². The number of piperidine rings is 1. The minimum atomic E-state index is 0.435. The average molecular weight is 609 g/mol. The lowest BCUT2D eigenvalue weighted by Crippen LogP contribution is -2.52. The van der Waals surface area contributed by atoms with Crippen molar-refractivity contribution in [1.82, 2.24) is 34.7 Å². The summed E-state index contributed by atoms with van der Waals surface area (Å²) in [6.07, 6.45) is 10.9. The third-order valence-corrected chi connectivity index (χ3v) is 9.07. The molecule has 0 saturated carbocycles. The highest BCUT2D eigenvalue weighted by molar-refractivity contribution is 5.85. The molecule has 11 nitrogen and oxygen atoms in total. The Kier molecular flexibility index (Phi) is 9.37. The van der Waals surface area contributed by atoms with Crippen LogP contribution in [0, 0.1) is 0 Å². The van der Waals surface area contributed by atoms with Crippen molar-refractivity contribution in [3.05, 3.63) is 60.1 Å². The molecule has 2 saturated heterocycles. The van der Waals surface area contributed by atoms with Gasteiger partial charge in [-0.1, -0.05) is 26.5 Å². The summed E-state index contributed by atoms with van der Waals surface area (Å²) in [5.74, 6) is 2.61. The van der Waals surface area contributed by atoms with Gasteiger partial charge < -0.3 is 25.2 Å². The number of fused-ring (bicyclic) bond motifs is 1. The Labute approximate surface area is 265 Å². The number of rotatable bonds is 10. The largest absolute Gasteiger partial charge is 0.479 e. The van der Waals surface area contributed by atoms with E-state index in [2.05, 4.69) is 73.8 Å². The van der Waals surface area contributed by atoms with Gasteiger partial charge in [-0.15, -0.1) is 0 Å². The molecular formula is C34H44N10O. The summed E-state index contributed by atoms with van der Waals surface area (Å²) < 4.78 is 5.80. The first-order chi connectivity index (χ1) is 22.0. The summed E-state index contributed by atoms with van der Waals surface area (Å²) in [5.41, 5.74) is 6.43. The highest BCUT2D eigenvalue weighted by Crippen LogP contribution is 2.34. The number of hydrogen-bond donors (Lipinski definition) is 2. The molecule has 2 N–H and O–H groups in total. The summed E-state index contributed by atoms with van der Waals surface area (Å²) in [5, 5.41) is 6.89. The summed E-state index contributed by atoms with van der Waals surface area (Å²) in [6, 6.07) is 6.77. The number of benzene rings is 1. The lowest BCUT2D eigenvalue weighted by Gasteiger charge is -2.42. The van der Waals surface area contributed by atoms with E-state index in [0.29, 0.717) is 23.7 Å². The van der Waals surface area contributed by atoms with Crippen molar-refractivity contribution in [1.29, 1.82) is 0 Å². The van der Waals surface area contributed by atoms with Crippen LogP contribution in [-0.4, -0.2) is 94.2 Å². The van der Waals surface area contributed by atoms with Gasteiger partial charge in [0.25, 0.3) is 0 Å². The van der Waals surface area contributed by atoms with Crippen molar-refractivity contribution in [3.63, 3.8) is 0 Å². The molecule has 0 atom stereocenters. The molecule has 2 fully saturated rings. The first kappa shape index (κ1) is 30.7. The van der Waals surface area contributed by atoms with Gasteiger partial charge in [-0.3, -0.25) is 14.9 Å². The molecule has 5 heterocycles. The Morgan fingerprint density at radius 3 is 2.42 bits per heavy atom. The average Bonchev–Trinajstić information content (AvgIpc) is 3.08. The molecule has 6 rings (SSSR count). The number of aryl methyl sites for hydroxylation is 2. The molecule has 0 spiro atoms. The van der Waals surface area contributed by atoms with Crippen LogP contribution in [0.5, 0.6) is 5.88 Å². The molecule has 0 aliphatic carbocycles. The summed E-state index contributed by atoms with van der Waals surface area (Å²) in [4.78, 5) is 31.0. The van der Waals surface area contributed by atoms with Crippen molar-refractivity contribution in [2.75, 3.05) is 69.0 Å². The van der Waals surface area contributed by atoms with Gasteiger partial charge in [-0.05, 0) is 56.5 Å². The molecule has 2 aliphatic heterocycles. The molecule has 45 heavy (non-hydrogen) atoms. The van der Waals surface area contributed by atoms with Crippen LogP contribution in [-0.2, 0) is 12.8 Å². The zero-order chi connectivity index (χ0) is 31.3. The fourth-order valence-corrected chi connectivity index (χ4v) is 6.46. The molecule has 11 heteroatoms. The predicted molar refractivity (Wildman–Crippen MR) is 182 cm³/mol. The smallest absolute Gasteiger partial charge is 0.239 e. The zero-order valence-corrected chi connectivity index (χ0v) is 26.9. The van der Waals surface area contributed by atoms with Gasteiger partial charge >= 0.3 is 0 Å². The Morgan fingerprint density at radius 2 is 1.71 bits per heavy atom. The van der Waals surface area contributed by atoms with Crippen LogP contribution in [0.2, 0.25) is 0 Å². The number of likely N-dealkylation sites (N-methyl/N-ethyl adjacent to an activating group) is 1. The van der Waals surface area contributed by atoms with Crippen LogP contribution < -0.4 is 20.3 Å². The number of hydrogen-bond acceptors (Lipinski definition) is 11. The number of aromatic nitrogens is 5. The van der Waals surface area contributed by atoms with Crippen LogP contribution in [0.15, 0.2) is 43.4 Å². The van der Waals surface area contributed by atoms with Gasteiger partial charge in [0.15, 0.2) is 0 Å². The van der Waals surface area contributed by atoms with E-state index in [1.807, 2.05) is 12.1 Å². The maximum atomic E-state index is 5.80. The zero-order valence-electron chi connectivity index (χ0n) is 26.9. The van der Waals surface area contributed by atoms with E-state index >= 15 is 0 Å². The second kappa shape index (κ2) is 13.7. The Balaban J connectivity index is 1.22. The minimum Gasteiger partial charge on any atom is -0.479 e. The maximum absolute atomic E-state index is 5.80. The summed E-state index contributed by atoms with van der Waals surface area (Å²) >= 11 is 0. The lowest BCUT2D eigenvalue weighted by atomic mass is 10.0. The second-order valence-corrected chi connectivity index (χ2v) is 11.8. The van der Waals surface area contributed by atoms with Gasteiger partial charge in [0.1, 0.15) is 17.3 Å². The van der Waals surface area contributed by atoms with Crippen molar-refractivity contribution < 1.29 is 4.74 Å². The fourth-order valence-electron chi connectivity index (χ4n) is 6.46. The number of nitrogens with one attached hydrogen (secondary N) is 2. The topological polar surface area (TPSA) is 107 Å². The van der Waals surface area contributed by atoms with Crippen LogP contribution in [0.1, 0.15) is 43.4 Å². The minimum absolute atomic E-state index is 0.435. The highest BCUT2D eigenvalue weighted by Gasteiger charge is 2.28. The molecule has 236 valence electrons. The number of pyridine rings is 1. The SMILES string of the molecule is C=Cc1cnc(Nc2cc(CC)c(N3CCC(N4CCN(C)CC4)CC3)nc2OC)nc1Nc1ccc2nccnc2c1CC. The third-order valence-electron chi connectivity index (χ3n) is 9.07. The monoisotopic (exact) mass is 608 g/mol. The predicted octanol–water partition coefficient (Wildman–Crippen LogP) is 5.29. The van der Waals surface area contributed by atoms with Crippen molar-refractivity contribution in [2.24, 2.45) is 0 Å². The highest BCUT2D eigenvalue weighted by atomic mass is 16.5. The molecule has 3 aromatic heterocycles. The molecule has 0 amide bonds. The fraction of sp³-hybridized carbons (Fsp3) is 0.441. The third kappa shape index (κ3) is 6.55. The van der Waals surface area contributed by atoms with Crippen molar-refractivity contribution >= 4 is 46.1 Å². The number of nitrogens with zero attached hydrogens (tertiary/aromatic N) is 8. The van der Waals surface area contributed by atoms with E-state index in [9.17, 15) is 0 Å². The van der Waals surface area contributed by atoms with Crippen LogP contribution >= 0.6 is 0 Å². The van der Waals surface area contributed by atoms with Crippen molar-refractivity contribution in [3.8, 4) is 5.88 Å². The van der Waals surface area contributed by atoms with E-state index in [0.717, 1.165) is 104 Å². The molecule has 1 aromatic carbocycles. The Bertz CT molecular complexity index is 1640.